The fraction of sp³-hybridized carbons (Fsp3) is 0.769. The van der Waals surface area contributed by atoms with Crippen molar-refractivity contribution in [3.8, 4) is 0 Å². The number of rotatable bonds is 6. The van der Waals surface area contributed by atoms with Crippen molar-refractivity contribution < 1.29 is 9.90 Å². The predicted molar refractivity (Wildman–Crippen MR) is 76.3 cm³/mol. The Labute approximate surface area is 118 Å². The van der Waals surface area contributed by atoms with Gasteiger partial charge in [0.05, 0.1) is 5.69 Å². The Morgan fingerprint density at radius 2 is 2.16 bits per heavy atom. The van der Waals surface area contributed by atoms with Crippen LogP contribution in [0.1, 0.15) is 55.9 Å². The van der Waals surface area contributed by atoms with Gasteiger partial charge in [-0.15, -0.1) is 5.10 Å². The van der Waals surface area contributed by atoms with Gasteiger partial charge in [0.2, 0.25) is 0 Å². The third kappa shape index (κ3) is 4.54. The molecule has 2 N–H and O–H groups in total. The molecule has 0 aliphatic rings. The number of nitrogens with one attached hydrogen (secondary N) is 1. The number of hydrogen-bond acceptors (Lipinski definition) is 5. The Morgan fingerprint density at radius 3 is 2.68 bits per heavy atom. The summed E-state index contributed by atoms with van der Waals surface area (Å²) in [5, 5.41) is 16.1. The molecule has 1 unspecified atom stereocenters. The van der Waals surface area contributed by atoms with Gasteiger partial charge < -0.3 is 10.4 Å². The Balaban J connectivity index is 2.79. The van der Waals surface area contributed by atoms with E-state index in [0.717, 1.165) is 30.1 Å². The van der Waals surface area contributed by atoms with Gasteiger partial charge in [-0.05, 0) is 29.8 Å². The Morgan fingerprint density at radius 1 is 1.47 bits per heavy atom. The van der Waals surface area contributed by atoms with E-state index in [1.165, 1.54) is 0 Å². The first kappa shape index (κ1) is 16.0. The summed E-state index contributed by atoms with van der Waals surface area (Å²) in [6.07, 6.45) is 2.25. The molecule has 0 fully saturated rings. The fourth-order valence-electron chi connectivity index (χ4n) is 1.86. The quantitative estimate of drug-likeness (QED) is 0.838. The molecule has 0 aromatic carbocycles. The summed E-state index contributed by atoms with van der Waals surface area (Å²) in [5.41, 5.74) is 0.670. The number of carbonyl (C=O) groups is 1. The van der Waals surface area contributed by atoms with E-state index in [1.807, 2.05) is 27.7 Å². The maximum absolute atomic E-state index is 12.3. The van der Waals surface area contributed by atoms with E-state index in [0.29, 0.717) is 11.3 Å². The number of amides is 1. The highest BCUT2D eigenvalue weighted by atomic mass is 32.1. The summed E-state index contributed by atoms with van der Waals surface area (Å²) < 4.78 is 3.86. The van der Waals surface area contributed by atoms with Gasteiger partial charge in [0.15, 0.2) is 0 Å². The van der Waals surface area contributed by atoms with Crippen molar-refractivity contribution in [2.75, 3.05) is 6.61 Å². The molecule has 0 saturated heterocycles. The molecule has 0 aliphatic carbocycles. The van der Waals surface area contributed by atoms with E-state index in [-0.39, 0.29) is 24.0 Å². The lowest BCUT2D eigenvalue weighted by Gasteiger charge is -2.31. The molecule has 0 spiro atoms. The summed E-state index contributed by atoms with van der Waals surface area (Å²) in [6.45, 7) is 8.25. The average Bonchev–Trinajstić information content (AvgIpc) is 2.76. The highest BCUT2D eigenvalue weighted by Gasteiger charge is 2.27. The van der Waals surface area contributed by atoms with Crippen molar-refractivity contribution in [3.63, 3.8) is 0 Å². The zero-order valence-electron chi connectivity index (χ0n) is 12.1. The monoisotopic (exact) mass is 285 g/mol. The van der Waals surface area contributed by atoms with E-state index in [9.17, 15) is 4.79 Å². The zero-order chi connectivity index (χ0) is 14.5. The van der Waals surface area contributed by atoms with Crippen LogP contribution < -0.4 is 5.32 Å². The molecule has 1 aromatic rings. The third-order valence-electron chi connectivity index (χ3n) is 3.02. The summed E-state index contributed by atoms with van der Waals surface area (Å²) in [5.74, 6) is -0.133. The van der Waals surface area contributed by atoms with Gasteiger partial charge in [-0.1, -0.05) is 38.6 Å². The summed E-state index contributed by atoms with van der Waals surface area (Å²) in [4.78, 5) is 12.9. The largest absolute Gasteiger partial charge is 0.396 e. The van der Waals surface area contributed by atoms with Crippen molar-refractivity contribution in [1.82, 2.24) is 14.9 Å². The predicted octanol–water partition coefficient (Wildman–Crippen LogP) is 2.02. The van der Waals surface area contributed by atoms with Gasteiger partial charge in [-0.25, -0.2) is 0 Å². The smallest absolute Gasteiger partial charge is 0.265 e. The van der Waals surface area contributed by atoms with Crippen molar-refractivity contribution in [2.24, 2.45) is 5.41 Å². The first-order valence-electron chi connectivity index (χ1n) is 6.63. The molecule has 6 heteroatoms. The SMILES string of the molecule is CCCc1nnsc1C(=O)NC(CCO)C(C)(C)C. The molecule has 108 valence electrons. The fourth-order valence-corrected chi connectivity index (χ4v) is 2.47. The second kappa shape index (κ2) is 6.96. The van der Waals surface area contributed by atoms with Gasteiger partial charge >= 0.3 is 0 Å². The number of aromatic nitrogens is 2. The highest BCUT2D eigenvalue weighted by Crippen LogP contribution is 2.23. The normalized spacial score (nSPS) is 13.3. The van der Waals surface area contributed by atoms with Crippen LogP contribution in [0.15, 0.2) is 0 Å². The van der Waals surface area contributed by atoms with Crippen molar-refractivity contribution in [1.29, 1.82) is 0 Å². The lowest BCUT2D eigenvalue weighted by molar-refractivity contribution is 0.0888. The van der Waals surface area contributed by atoms with Crippen LogP contribution in [0, 0.1) is 5.41 Å². The van der Waals surface area contributed by atoms with Gasteiger partial charge in [0.1, 0.15) is 4.88 Å². The van der Waals surface area contributed by atoms with Gasteiger partial charge in [0.25, 0.3) is 5.91 Å². The maximum atomic E-state index is 12.3. The van der Waals surface area contributed by atoms with Crippen LogP contribution in [-0.2, 0) is 6.42 Å². The molecule has 1 amide bonds. The molecule has 0 aliphatic heterocycles. The van der Waals surface area contributed by atoms with E-state index in [4.69, 9.17) is 5.11 Å². The number of aliphatic hydroxyl groups is 1. The lowest BCUT2D eigenvalue weighted by atomic mass is 9.85. The van der Waals surface area contributed by atoms with Crippen LogP contribution in [0.4, 0.5) is 0 Å². The second-order valence-electron chi connectivity index (χ2n) is 5.70. The lowest BCUT2D eigenvalue weighted by Crippen LogP contribution is -2.44. The van der Waals surface area contributed by atoms with Crippen molar-refractivity contribution >= 4 is 17.4 Å². The zero-order valence-corrected chi connectivity index (χ0v) is 12.9. The second-order valence-corrected chi connectivity index (χ2v) is 6.46. The molecule has 1 atom stereocenters. The van der Waals surface area contributed by atoms with Gasteiger partial charge in [-0.3, -0.25) is 4.79 Å². The minimum absolute atomic E-state index is 0.0605. The van der Waals surface area contributed by atoms with Crippen LogP contribution in [0.5, 0.6) is 0 Å². The number of carbonyl (C=O) groups excluding carboxylic acids is 1. The Kier molecular flexibility index (Phi) is 5.87. The molecule has 0 radical (unpaired) electrons. The first-order valence-corrected chi connectivity index (χ1v) is 7.40. The molecule has 19 heavy (non-hydrogen) atoms. The molecule has 1 heterocycles. The Bertz CT molecular complexity index is 412. The molecule has 5 nitrogen and oxygen atoms in total. The van der Waals surface area contributed by atoms with Gasteiger partial charge in [-0.2, -0.15) is 0 Å². The van der Waals surface area contributed by atoms with E-state index in [1.54, 1.807) is 0 Å². The highest BCUT2D eigenvalue weighted by molar-refractivity contribution is 7.08. The Hall–Kier alpha value is -1.01. The number of aliphatic hydroxyl groups excluding tert-OH is 1. The molecule has 0 bridgehead atoms. The van der Waals surface area contributed by atoms with Crippen LogP contribution in [0.25, 0.3) is 0 Å². The van der Waals surface area contributed by atoms with E-state index in [2.05, 4.69) is 14.9 Å². The number of hydrogen-bond donors (Lipinski definition) is 2. The first-order chi connectivity index (χ1) is 8.90. The molecule has 1 rings (SSSR count). The van der Waals surface area contributed by atoms with E-state index >= 15 is 0 Å². The summed E-state index contributed by atoms with van der Waals surface area (Å²) in [6, 6.07) is -0.0680. The standard InChI is InChI=1S/C13H23N3O2S/c1-5-6-9-11(19-16-15-9)12(18)14-10(7-8-17)13(2,3)4/h10,17H,5-8H2,1-4H3,(H,14,18). The van der Waals surface area contributed by atoms with Crippen LogP contribution in [-0.4, -0.2) is 33.2 Å². The topological polar surface area (TPSA) is 75.1 Å². The van der Waals surface area contributed by atoms with Gasteiger partial charge in [0, 0.05) is 12.6 Å². The van der Waals surface area contributed by atoms with Crippen molar-refractivity contribution in [2.45, 2.75) is 53.0 Å². The maximum Gasteiger partial charge on any atom is 0.265 e. The molecular formula is C13H23N3O2S. The minimum Gasteiger partial charge on any atom is -0.396 e. The van der Waals surface area contributed by atoms with Crippen LogP contribution >= 0.6 is 11.5 Å². The van der Waals surface area contributed by atoms with Crippen LogP contribution in [0.2, 0.25) is 0 Å². The summed E-state index contributed by atoms with van der Waals surface area (Å²) >= 11 is 1.13. The molecule has 1 aromatic heterocycles. The molecule has 0 saturated carbocycles. The van der Waals surface area contributed by atoms with Crippen molar-refractivity contribution in [3.05, 3.63) is 10.6 Å². The summed E-state index contributed by atoms with van der Waals surface area (Å²) in [7, 11) is 0. The van der Waals surface area contributed by atoms with E-state index < -0.39 is 0 Å². The third-order valence-corrected chi connectivity index (χ3v) is 3.78. The van der Waals surface area contributed by atoms with Crippen LogP contribution in [0.3, 0.4) is 0 Å². The number of aryl methyl sites for hydroxylation is 1. The average molecular weight is 285 g/mol. The molecular weight excluding hydrogens is 262 g/mol. The minimum atomic E-state index is -0.133. The number of nitrogens with zero attached hydrogens (tertiary/aromatic N) is 2.